The van der Waals surface area contributed by atoms with Crippen LogP contribution < -0.4 is 5.73 Å². The molecular formula is C22H28N4S2. The quantitative estimate of drug-likeness (QED) is 0.445. The topological polar surface area (TPSA) is 86.0 Å². The Kier molecular flexibility index (Phi) is 6.03. The van der Waals surface area contributed by atoms with Crippen molar-refractivity contribution in [1.29, 1.82) is 10.5 Å². The first-order valence-electron chi connectivity index (χ1n) is 10.0. The molecule has 3 unspecified atom stereocenters. The lowest BCUT2D eigenvalue weighted by atomic mass is 9.97. The Labute approximate surface area is 177 Å². The zero-order valence-electron chi connectivity index (χ0n) is 16.9. The molecular weight excluding hydrogens is 384 g/mol. The van der Waals surface area contributed by atoms with E-state index in [0.29, 0.717) is 5.84 Å². The predicted octanol–water partition coefficient (Wildman–Crippen LogP) is 5.20. The summed E-state index contributed by atoms with van der Waals surface area (Å²) in [7, 11) is 0. The number of amidine groups is 1. The molecule has 1 aliphatic carbocycles. The van der Waals surface area contributed by atoms with Crippen LogP contribution in [0.4, 0.5) is 0 Å². The van der Waals surface area contributed by atoms with Gasteiger partial charge in [-0.15, -0.1) is 23.5 Å². The van der Waals surface area contributed by atoms with Crippen molar-refractivity contribution in [3.8, 4) is 12.1 Å². The fourth-order valence-corrected chi connectivity index (χ4v) is 8.10. The number of rotatable bonds is 9. The second kappa shape index (κ2) is 8.01. The van der Waals surface area contributed by atoms with Gasteiger partial charge in [0.25, 0.3) is 0 Å². The molecule has 1 aromatic carbocycles. The van der Waals surface area contributed by atoms with Crippen LogP contribution in [-0.2, 0) is 0 Å². The molecule has 3 rings (SSSR count). The molecule has 1 heterocycles. The SMILES string of the molecule is CCCCSC1(SCCCC)N=C(N)C2(C#N)C(c3cccc(C)c3)C12C#N. The van der Waals surface area contributed by atoms with Crippen LogP contribution in [0.1, 0.15) is 56.6 Å². The summed E-state index contributed by atoms with van der Waals surface area (Å²) in [5.41, 5.74) is 6.64. The second-order valence-corrected chi connectivity index (χ2v) is 10.5. The first-order valence-corrected chi connectivity index (χ1v) is 12.0. The molecule has 1 aromatic rings. The van der Waals surface area contributed by atoms with E-state index in [-0.39, 0.29) is 5.92 Å². The highest BCUT2D eigenvalue weighted by atomic mass is 32.2. The number of benzene rings is 1. The van der Waals surface area contributed by atoms with Crippen LogP contribution in [0.3, 0.4) is 0 Å². The molecule has 6 heteroatoms. The smallest absolute Gasteiger partial charge is 0.175 e. The molecule has 148 valence electrons. The number of fused-ring (bicyclic) bond motifs is 1. The second-order valence-electron chi connectivity index (χ2n) is 7.67. The first-order chi connectivity index (χ1) is 13.5. The van der Waals surface area contributed by atoms with E-state index in [4.69, 9.17) is 10.7 Å². The van der Waals surface area contributed by atoms with Gasteiger partial charge < -0.3 is 5.73 Å². The predicted molar refractivity (Wildman–Crippen MR) is 119 cm³/mol. The van der Waals surface area contributed by atoms with Crippen LogP contribution in [0.5, 0.6) is 0 Å². The van der Waals surface area contributed by atoms with E-state index in [1.165, 1.54) is 0 Å². The van der Waals surface area contributed by atoms with Gasteiger partial charge in [-0.3, -0.25) is 0 Å². The number of unbranched alkanes of at least 4 members (excludes halogenated alkanes) is 2. The van der Waals surface area contributed by atoms with Crippen molar-refractivity contribution in [2.75, 3.05) is 11.5 Å². The Bertz CT molecular complexity index is 843. The lowest BCUT2D eigenvalue weighted by Crippen LogP contribution is -2.32. The summed E-state index contributed by atoms with van der Waals surface area (Å²) in [5.74, 6) is 1.95. The molecule has 2 N–H and O–H groups in total. The molecule has 0 bridgehead atoms. The van der Waals surface area contributed by atoms with Gasteiger partial charge in [-0.25, -0.2) is 4.99 Å². The first kappa shape index (κ1) is 21.1. The van der Waals surface area contributed by atoms with Gasteiger partial charge in [-0.05, 0) is 36.8 Å². The average molecular weight is 413 g/mol. The molecule has 28 heavy (non-hydrogen) atoms. The molecule has 2 aliphatic rings. The van der Waals surface area contributed by atoms with Gasteiger partial charge in [0.05, 0.1) is 12.1 Å². The molecule has 1 aliphatic heterocycles. The van der Waals surface area contributed by atoms with Crippen molar-refractivity contribution in [3.63, 3.8) is 0 Å². The summed E-state index contributed by atoms with van der Waals surface area (Å²) in [6.07, 6.45) is 4.30. The Hall–Kier alpha value is -1.63. The minimum atomic E-state index is -1.02. The standard InChI is InChI=1S/C22H28N4S2/c1-4-6-11-27-22(28-12-7-5-2)21(15-24)18(17-10-8-9-16(3)13-17)20(21,14-23)19(25)26-22/h8-10,13,18H,4-7,11-12H2,1-3H3,(H2,25,26). The van der Waals surface area contributed by atoms with Crippen LogP contribution in [-0.4, -0.2) is 21.5 Å². The molecule has 0 saturated heterocycles. The molecule has 0 aromatic heterocycles. The van der Waals surface area contributed by atoms with E-state index in [1.54, 1.807) is 23.5 Å². The molecule has 0 spiro atoms. The van der Waals surface area contributed by atoms with Gasteiger partial charge >= 0.3 is 0 Å². The number of nitrogens with zero attached hydrogens (tertiary/aromatic N) is 3. The maximum absolute atomic E-state index is 10.5. The van der Waals surface area contributed by atoms with Gasteiger partial charge in [0.1, 0.15) is 16.7 Å². The van der Waals surface area contributed by atoms with Gasteiger partial charge in [0, 0.05) is 5.92 Å². The van der Waals surface area contributed by atoms with Gasteiger partial charge in [0.15, 0.2) is 4.20 Å². The van der Waals surface area contributed by atoms with Crippen LogP contribution in [0.25, 0.3) is 0 Å². The monoisotopic (exact) mass is 412 g/mol. The van der Waals surface area contributed by atoms with Crippen LogP contribution in [0.15, 0.2) is 29.3 Å². The summed E-state index contributed by atoms with van der Waals surface area (Å²) in [5, 5.41) is 20.7. The van der Waals surface area contributed by atoms with Crippen molar-refractivity contribution in [2.24, 2.45) is 21.6 Å². The minimum absolute atomic E-state index is 0.226. The molecule has 1 saturated carbocycles. The largest absolute Gasteiger partial charge is 0.386 e. The summed E-state index contributed by atoms with van der Waals surface area (Å²) < 4.78 is -0.708. The minimum Gasteiger partial charge on any atom is -0.386 e. The van der Waals surface area contributed by atoms with Crippen molar-refractivity contribution in [3.05, 3.63) is 35.4 Å². The number of aliphatic imine (C=N–C) groups is 1. The Morgan fingerprint density at radius 2 is 1.75 bits per heavy atom. The van der Waals surface area contributed by atoms with Gasteiger partial charge in [0.2, 0.25) is 0 Å². The van der Waals surface area contributed by atoms with E-state index < -0.39 is 15.0 Å². The van der Waals surface area contributed by atoms with E-state index in [2.05, 4.69) is 32.1 Å². The van der Waals surface area contributed by atoms with Crippen LogP contribution in [0, 0.1) is 40.4 Å². The Balaban J connectivity index is 2.10. The highest BCUT2D eigenvalue weighted by Crippen LogP contribution is 2.85. The third kappa shape index (κ3) is 2.77. The Morgan fingerprint density at radius 3 is 2.25 bits per heavy atom. The number of hydrogen-bond donors (Lipinski definition) is 1. The molecule has 0 radical (unpaired) electrons. The Morgan fingerprint density at radius 1 is 1.11 bits per heavy atom. The number of thioether (sulfide) groups is 2. The number of nitrogens with two attached hydrogens (primary N) is 1. The van der Waals surface area contributed by atoms with Crippen LogP contribution >= 0.6 is 23.5 Å². The van der Waals surface area contributed by atoms with E-state index in [1.807, 2.05) is 25.1 Å². The maximum atomic E-state index is 10.5. The summed E-state index contributed by atoms with van der Waals surface area (Å²) in [4.78, 5) is 4.85. The third-order valence-corrected chi connectivity index (χ3v) is 9.20. The zero-order chi connectivity index (χ0) is 20.4. The highest BCUT2D eigenvalue weighted by Gasteiger charge is 2.91. The average Bonchev–Trinajstić information content (AvgIpc) is 3.27. The number of hydrogen-bond acceptors (Lipinski definition) is 6. The lowest BCUT2D eigenvalue weighted by Gasteiger charge is -2.32. The molecule has 3 atom stereocenters. The summed E-state index contributed by atoms with van der Waals surface area (Å²) in [6, 6.07) is 13.2. The van der Waals surface area contributed by atoms with Crippen molar-refractivity contribution < 1.29 is 0 Å². The fraction of sp³-hybridized carbons (Fsp3) is 0.591. The lowest BCUT2D eigenvalue weighted by molar-refractivity contribution is 0.562. The molecule has 1 fully saturated rings. The van der Waals surface area contributed by atoms with Crippen molar-refractivity contribution >= 4 is 29.4 Å². The zero-order valence-corrected chi connectivity index (χ0v) is 18.5. The van der Waals surface area contributed by atoms with Gasteiger partial charge in [-0.2, -0.15) is 10.5 Å². The van der Waals surface area contributed by atoms with Crippen molar-refractivity contribution in [2.45, 2.75) is 56.6 Å². The van der Waals surface area contributed by atoms with E-state index in [9.17, 15) is 10.5 Å². The maximum Gasteiger partial charge on any atom is 0.175 e. The molecule has 4 nitrogen and oxygen atoms in total. The van der Waals surface area contributed by atoms with E-state index in [0.717, 1.165) is 48.3 Å². The normalized spacial score (nSPS) is 29.5. The third-order valence-electron chi connectivity index (χ3n) is 5.89. The summed E-state index contributed by atoms with van der Waals surface area (Å²) >= 11 is 3.44. The van der Waals surface area contributed by atoms with E-state index >= 15 is 0 Å². The fourth-order valence-electron chi connectivity index (χ4n) is 4.42. The molecule has 0 amide bonds. The van der Waals surface area contributed by atoms with Crippen LogP contribution in [0.2, 0.25) is 0 Å². The number of nitriles is 2. The number of aryl methyl sites for hydroxylation is 1. The van der Waals surface area contributed by atoms with Crippen molar-refractivity contribution in [1.82, 2.24) is 0 Å². The van der Waals surface area contributed by atoms with Gasteiger partial charge in [-0.1, -0.05) is 56.5 Å². The highest BCUT2D eigenvalue weighted by molar-refractivity contribution is 8.18. The summed E-state index contributed by atoms with van der Waals surface area (Å²) in [6.45, 7) is 6.36.